The summed E-state index contributed by atoms with van der Waals surface area (Å²) in [6.07, 6.45) is 2.71. The lowest BCUT2D eigenvalue weighted by atomic mass is 10.1. The maximum atomic E-state index is 5.18. The second kappa shape index (κ2) is 7.85. The summed E-state index contributed by atoms with van der Waals surface area (Å²) < 4.78 is 6.94. The Hall–Kier alpha value is -3.13. The van der Waals surface area contributed by atoms with E-state index in [9.17, 15) is 0 Å². The Morgan fingerprint density at radius 3 is 2.39 bits per heavy atom. The van der Waals surface area contributed by atoms with Gasteiger partial charge in [-0.25, -0.2) is 4.68 Å². The van der Waals surface area contributed by atoms with Crippen LogP contribution in [0.25, 0.3) is 17.1 Å². The van der Waals surface area contributed by atoms with Crippen LogP contribution in [-0.4, -0.2) is 37.1 Å². The molecule has 0 N–H and O–H groups in total. The van der Waals surface area contributed by atoms with E-state index in [0.29, 0.717) is 17.4 Å². The zero-order valence-corrected chi connectivity index (χ0v) is 16.5. The van der Waals surface area contributed by atoms with Crippen LogP contribution >= 0.6 is 12.6 Å². The first-order valence-electron chi connectivity index (χ1n) is 8.95. The van der Waals surface area contributed by atoms with Crippen molar-refractivity contribution >= 4 is 12.6 Å². The van der Waals surface area contributed by atoms with E-state index in [1.807, 2.05) is 36.4 Å². The second-order valence-corrected chi connectivity index (χ2v) is 6.73. The second-order valence-electron chi connectivity index (χ2n) is 6.31. The standard InChI is InChI=1S/C20H20N6OS/c1-3-14-4-8-16(9-5-14)26-20(28)18(12-21-26)19-22-24-25(23-19)13-15-6-10-17(27-2)11-7-15/h4-12,28H,3,13H2,1-2H3. The van der Waals surface area contributed by atoms with E-state index in [1.165, 1.54) is 5.56 Å². The molecule has 0 saturated heterocycles. The van der Waals surface area contributed by atoms with Crippen LogP contribution in [-0.2, 0) is 13.0 Å². The Labute approximate surface area is 168 Å². The smallest absolute Gasteiger partial charge is 0.209 e. The van der Waals surface area contributed by atoms with Gasteiger partial charge in [0.1, 0.15) is 10.8 Å². The Balaban J connectivity index is 1.55. The van der Waals surface area contributed by atoms with E-state index in [1.54, 1.807) is 22.8 Å². The molecule has 0 aliphatic heterocycles. The number of thiol groups is 1. The van der Waals surface area contributed by atoms with Crippen molar-refractivity contribution in [3.05, 3.63) is 65.9 Å². The van der Waals surface area contributed by atoms with Gasteiger partial charge in [0.25, 0.3) is 0 Å². The summed E-state index contributed by atoms with van der Waals surface area (Å²) >= 11 is 4.63. The largest absolute Gasteiger partial charge is 0.497 e. The van der Waals surface area contributed by atoms with Crippen LogP contribution in [0.2, 0.25) is 0 Å². The van der Waals surface area contributed by atoms with E-state index in [-0.39, 0.29) is 0 Å². The zero-order chi connectivity index (χ0) is 19.5. The molecule has 142 valence electrons. The average Bonchev–Trinajstić information content (AvgIpc) is 3.35. The molecule has 2 aromatic heterocycles. The molecular formula is C20H20N6OS. The predicted octanol–water partition coefficient (Wildman–Crippen LogP) is 3.43. The highest BCUT2D eigenvalue weighted by Gasteiger charge is 2.15. The Morgan fingerprint density at radius 2 is 1.71 bits per heavy atom. The third-order valence-electron chi connectivity index (χ3n) is 4.51. The average molecular weight is 392 g/mol. The minimum Gasteiger partial charge on any atom is -0.497 e. The molecule has 0 radical (unpaired) electrons. The summed E-state index contributed by atoms with van der Waals surface area (Å²) in [5, 5.41) is 17.9. The molecule has 0 spiro atoms. The van der Waals surface area contributed by atoms with Gasteiger partial charge in [-0.1, -0.05) is 31.2 Å². The lowest BCUT2D eigenvalue weighted by Gasteiger charge is -2.05. The SMILES string of the molecule is CCc1ccc(-n2ncc(-c3nnn(Cc4ccc(OC)cc4)n3)c2S)cc1. The fourth-order valence-electron chi connectivity index (χ4n) is 2.87. The zero-order valence-electron chi connectivity index (χ0n) is 15.6. The van der Waals surface area contributed by atoms with E-state index in [4.69, 9.17) is 4.74 Å². The number of aryl methyl sites for hydroxylation is 1. The Morgan fingerprint density at radius 1 is 1.00 bits per heavy atom. The van der Waals surface area contributed by atoms with Gasteiger partial charge in [0.15, 0.2) is 0 Å². The molecule has 0 aliphatic carbocycles. The maximum absolute atomic E-state index is 5.18. The van der Waals surface area contributed by atoms with Crippen LogP contribution in [0.1, 0.15) is 18.1 Å². The van der Waals surface area contributed by atoms with Gasteiger partial charge in [-0.2, -0.15) is 9.90 Å². The van der Waals surface area contributed by atoms with Crippen molar-refractivity contribution in [2.45, 2.75) is 24.9 Å². The summed E-state index contributed by atoms with van der Waals surface area (Å²) in [7, 11) is 1.65. The van der Waals surface area contributed by atoms with Crippen molar-refractivity contribution in [3.8, 4) is 22.8 Å². The van der Waals surface area contributed by atoms with Crippen molar-refractivity contribution in [2.75, 3.05) is 7.11 Å². The highest BCUT2D eigenvalue weighted by atomic mass is 32.1. The van der Waals surface area contributed by atoms with Gasteiger partial charge in [-0.3, -0.25) is 0 Å². The van der Waals surface area contributed by atoms with Crippen LogP contribution in [0.3, 0.4) is 0 Å². The number of methoxy groups -OCH3 is 1. The monoisotopic (exact) mass is 392 g/mol. The molecule has 2 heterocycles. The molecule has 28 heavy (non-hydrogen) atoms. The first kappa shape index (κ1) is 18.2. The molecule has 0 saturated carbocycles. The molecule has 4 aromatic rings. The summed E-state index contributed by atoms with van der Waals surface area (Å²) in [5.41, 5.74) is 4.02. The minimum absolute atomic E-state index is 0.495. The summed E-state index contributed by atoms with van der Waals surface area (Å²) in [6.45, 7) is 2.65. The normalized spacial score (nSPS) is 11.0. The molecule has 0 fully saturated rings. The van der Waals surface area contributed by atoms with E-state index < -0.39 is 0 Å². The van der Waals surface area contributed by atoms with E-state index in [0.717, 1.165) is 29.0 Å². The molecule has 0 atom stereocenters. The van der Waals surface area contributed by atoms with Gasteiger partial charge in [-0.05, 0) is 47.0 Å². The molecule has 7 nitrogen and oxygen atoms in total. The van der Waals surface area contributed by atoms with Crippen LogP contribution in [0.15, 0.2) is 59.8 Å². The van der Waals surface area contributed by atoms with Crippen LogP contribution in [0.5, 0.6) is 5.75 Å². The fourth-order valence-corrected chi connectivity index (χ4v) is 3.20. The highest BCUT2D eigenvalue weighted by Crippen LogP contribution is 2.25. The minimum atomic E-state index is 0.495. The molecule has 0 unspecified atom stereocenters. The summed E-state index contributed by atoms with van der Waals surface area (Å²) in [4.78, 5) is 1.55. The number of tetrazole rings is 1. The number of benzene rings is 2. The number of nitrogens with zero attached hydrogens (tertiary/aromatic N) is 6. The maximum Gasteiger partial charge on any atom is 0.209 e. The van der Waals surface area contributed by atoms with Gasteiger partial charge in [0, 0.05) is 0 Å². The number of hydrogen-bond donors (Lipinski definition) is 1. The van der Waals surface area contributed by atoms with Crippen LogP contribution in [0, 0.1) is 0 Å². The van der Waals surface area contributed by atoms with Gasteiger partial charge in [-0.15, -0.1) is 22.8 Å². The van der Waals surface area contributed by atoms with Gasteiger partial charge in [0.2, 0.25) is 5.82 Å². The topological polar surface area (TPSA) is 70.7 Å². The lowest BCUT2D eigenvalue weighted by molar-refractivity contribution is 0.414. The molecule has 0 aliphatic rings. The van der Waals surface area contributed by atoms with Crippen molar-refractivity contribution in [3.63, 3.8) is 0 Å². The quantitative estimate of drug-likeness (QED) is 0.509. The van der Waals surface area contributed by atoms with E-state index in [2.05, 4.69) is 52.2 Å². The fraction of sp³-hybridized carbons (Fsp3) is 0.200. The molecular weight excluding hydrogens is 372 g/mol. The van der Waals surface area contributed by atoms with Crippen LogP contribution in [0.4, 0.5) is 0 Å². The number of aromatic nitrogens is 6. The van der Waals surface area contributed by atoms with E-state index >= 15 is 0 Å². The lowest BCUT2D eigenvalue weighted by Crippen LogP contribution is -2.04. The van der Waals surface area contributed by atoms with Gasteiger partial charge >= 0.3 is 0 Å². The predicted molar refractivity (Wildman–Crippen MR) is 109 cm³/mol. The third-order valence-corrected chi connectivity index (χ3v) is 4.94. The number of rotatable bonds is 6. The van der Waals surface area contributed by atoms with Crippen molar-refractivity contribution in [1.82, 2.24) is 30.0 Å². The Bertz CT molecular complexity index is 1070. The summed E-state index contributed by atoms with van der Waals surface area (Å²) in [5.74, 6) is 1.31. The van der Waals surface area contributed by atoms with Gasteiger partial charge in [0.05, 0.1) is 31.1 Å². The molecule has 4 rings (SSSR count). The first-order chi connectivity index (χ1) is 13.7. The molecule has 0 bridgehead atoms. The summed E-state index contributed by atoms with van der Waals surface area (Å²) in [6, 6.07) is 16.0. The molecule has 8 heteroatoms. The third kappa shape index (κ3) is 3.63. The van der Waals surface area contributed by atoms with Gasteiger partial charge < -0.3 is 4.74 Å². The number of hydrogen-bond acceptors (Lipinski definition) is 6. The Kier molecular flexibility index (Phi) is 5.12. The highest BCUT2D eigenvalue weighted by molar-refractivity contribution is 7.80. The van der Waals surface area contributed by atoms with Crippen molar-refractivity contribution < 1.29 is 4.74 Å². The first-order valence-corrected chi connectivity index (χ1v) is 9.40. The molecule has 0 amide bonds. The van der Waals surface area contributed by atoms with Crippen molar-refractivity contribution in [2.24, 2.45) is 0 Å². The molecule has 2 aromatic carbocycles. The van der Waals surface area contributed by atoms with Crippen LogP contribution < -0.4 is 4.74 Å². The number of ether oxygens (including phenoxy) is 1. The van der Waals surface area contributed by atoms with Crippen molar-refractivity contribution in [1.29, 1.82) is 0 Å².